The zero-order valence-corrected chi connectivity index (χ0v) is 7.13. The molecule has 0 bridgehead atoms. The van der Waals surface area contributed by atoms with E-state index in [-0.39, 0.29) is 0 Å². The predicted molar refractivity (Wildman–Crippen MR) is 44.3 cm³/mol. The Morgan fingerprint density at radius 3 is 2.75 bits per heavy atom. The van der Waals surface area contributed by atoms with Crippen LogP contribution in [0.1, 0.15) is 5.56 Å². The summed E-state index contributed by atoms with van der Waals surface area (Å²) in [5.74, 6) is 1.20. The Morgan fingerprint density at radius 2 is 2.17 bits per heavy atom. The maximum absolute atomic E-state index is 11.8. The summed E-state index contributed by atoms with van der Waals surface area (Å²) in [6, 6.07) is 5.19. The van der Waals surface area contributed by atoms with Crippen molar-refractivity contribution in [3.05, 3.63) is 23.8 Å². The van der Waals surface area contributed by atoms with Crippen LogP contribution in [0.15, 0.2) is 18.2 Å². The molecule has 0 fully saturated rings. The van der Waals surface area contributed by atoms with Crippen molar-refractivity contribution in [3.8, 4) is 11.5 Å². The minimum absolute atomic E-state index is 0.486. The number of aryl methyl sites for hydroxylation is 1. The lowest BCUT2D eigenvalue weighted by atomic mass is 10.2. The third-order valence-corrected chi connectivity index (χ3v) is 1.60. The van der Waals surface area contributed by atoms with Crippen molar-refractivity contribution in [2.45, 2.75) is 6.92 Å². The van der Waals surface area contributed by atoms with Crippen LogP contribution in [0.3, 0.4) is 0 Å². The Bertz CT molecular complexity index is 261. The van der Waals surface area contributed by atoms with Crippen LogP contribution in [0.2, 0.25) is 0 Å². The summed E-state index contributed by atoms with van der Waals surface area (Å²) >= 11 is 0. The quantitative estimate of drug-likeness (QED) is 0.693. The highest BCUT2D eigenvalue weighted by Gasteiger charge is 1.99. The maximum Gasteiger partial charge on any atom is 0.228 e. The van der Waals surface area contributed by atoms with E-state index in [9.17, 15) is 4.39 Å². The molecule has 0 saturated heterocycles. The van der Waals surface area contributed by atoms with E-state index < -0.39 is 6.86 Å². The second-order valence-corrected chi connectivity index (χ2v) is 2.38. The molecule has 3 heteroatoms. The van der Waals surface area contributed by atoms with Crippen LogP contribution in [-0.2, 0) is 0 Å². The van der Waals surface area contributed by atoms with E-state index in [2.05, 4.69) is 4.74 Å². The molecular formula is C9H11FO2. The molecule has 66 valence electrons. The van der Waals surface area contributed by atoms with E-state index in [1.807, 2.05) is 13.0 Å². The standard InChI is InChI=1S/C9H11FO2/c1-7-3-4-8(12-6-10)5-9(7)11-2/h3-5H,6H2,1-2H3. The Kier molecular flexibility index (Phi) is 2.91. The fraction of sp³-hybridized carbons (Fsp3) is 0.333. The summed E-state index contributed by atoms with van der Waals surface area (Å²) < 4.78 is 21.4. The van der Waals surface area contributed by atoms with Crippen molar-refractivity contribution >= 4 is 0 Å². The normalized spacial score (nSPS) is 9.58. The largest absolute Gasteiger partial charge is 0.496 e. The van der Waals surface area contributed by atoms with Crippen LogP contribution >= 0.6 is 0 Å². The molecule has 0 heterocycles. The number of alkyl halides is 1. The molecule has 2 nitrogen and oxygen atoms in total. The molecule has 0 spiro atoms. The average molecular weight is 170 g/mol. The molecule has 0 unspecified atom stereocenters. The second kappa shape index (κ2) is 3.95. The predicted octanol–water partition coefficient (Wildman–Crippen LogP) is 2.31. The molecule has 1 rings (SSSR count). The van der Waals surface area contributed by atoms with E-state index in [4.69, 9.17) is 4.74 Å². The fourth-order valence-electron chi connectivity index (χ4n) is 0.953. The molecule has 12 heavy (non-hydrogen) atoms. The van der Waals surface area contributed by atoms with E-state index in [0.29, 0.717) is 11.5 Å². The third kappa shape index (κ3) is 1.87. The Balaban J connectivity index is 2.89. The first kappa shape index (κ1) is 8.84. The lowest BCUT2D eigenvalue weighted by Crippen LogP contribution is -1.92. The molecule has 0 radical (unpaired) electrons. The number of hydrogen-bond acceptors (Lipinski definition) is 2. The van der Waals surface area contributed by atoms with Crippen LogP contribution in [0, 0.1) is 6.92 Å². The summed E-state index contributed by atoms with van der Waals surface area (Å²) in [6.07, 6.45) is 0. The van der Waals surface area contributed by atoms with Gasteiger partial charge in [0, 0.05) is 6.07 Å². The second-order valence-electron chi connectivity index (χ2n) is 2.38. The number of halogens is 1. The van der Waals surface area contributed by atoms with Gasteiger partial charge in [-0.1, -0.05) is 6.07 Å². The monoisotopic (exact) mass is 170 g/mol. The van der Waals surface area contributed by atoms with Crippen LogP contribution in [0.5, 0.6) is 11.5 Å². The van der Waals surface area contributed by atoms with E-state index >= 15 is 0 Å². The zero-order valence-electron chi connectivity index (χ0n) is 7.13. The van der Waals surface area contributed by atoms with Gasteiger partial charge in [-0.25, -0.2) is 4.39 Å². The molecule has 0 aliphatic carbocycles. The zero-order chi connectivity index (χ0) is 8.97. The van der Waals surface area contributed by atoms with Gasteiger partial charge in [0.2, 0.25) is 6.86 Å². The van der Waals surface area contributed by atoms with Crippen molar-refractivity contribution in [1.29, 1.82) is 0 Å². The van der Waals surface area contributed by atoms with Crippen molar-refractivity contribution in [1.82, 2.24) is 0 Å². The lowest BCUT2D eigenvalue weighted by molar-refractivity contribution is 0.191. The van der Waals surface area contributed by atoms with Crippen LogP contribution < -0.4 is 9.47 Å². The first-order chi connectivity index (χ1) is 5.77. The maximum atomic E-state index is 11.8. The number of hydrogen-bond donors (Lipinski definition) is 0. The van der Waals surface area contributed by atoms with Gasteiger partial charge in [-0.3, -0.25) is 0 Å². The van der Waals surface area contributed by atoms with Gasteiger partial charge in [0.25, 0.3) is 0 Å². The molecule has 0 aliphatic rings. The van der Waals surface area contributed by atoms with Crippen molar-refractivity contribution < 1.29 is 13.9 Å². The highest BCUT2D eigenvalue weighted by Crippen LogP contribution is 2.23. The number of methoxy groups -OCH3 is 1. The Morgan fingerprint density at radius 1 is 1.42 bits per heavy atom. The van der Waals surface area contributed by atoms with Crippen LogP contribution in [0.4, 0.5) is 4.39 Å². The third-order valence-electron chi connectivity index (χ3n) is 1.60. The molecular weight excluding hydrogens is 159 g/mol. The van der Waals surface area contributed by atoms with E-state index in [1.54, 1.807) is 19.2 Å². The van der Waals surface area contributed by atoms with Gasteiger partial charge in [-0.15, -0.1) is 0 Å². The topological polar surface area (TPSA) is 18.5 Å². The summed E-state index contributed by atoms with van der Waals surface area (Å²) in [5.41, 5.74) is 1.00. The smallest absolute Gasteiger partial charge is 0.228 e. The van der Waals surface area contributed by atoms with Gasteiger partial charge in [-0.2, -0.15) is 0 Å². The first-order valence-electron chi connectivity index (χ1n) is 3.61. The average Bonchev–Trinajstić information content (AvgIpc) is 2.09. The van der Waals surface area contributed by atoms with Crippen molar-refractivity contribution in [2.24, 2.45) is 0 Å². The fourth-order valence-corrected chi connectivity index (χ4v) is 0.953. The van der Waals surface area contributed by atoms with E-state index in [0.717, 1.165) is 5.56 Å². The number of ether oxygens (including phenoxy) is 2. The first-order valence-corrected chi connectivity index (χ1v) is 3.61. The SMILES string of the molecule is COc1cc(OCF)ccc1C. The molecule has 0 amide bonds. The summed E-state index contributed by atoms with van der Waals surface area (Å²) in [5, 5.41) is 0. The van der Waals surface area contributed by atoms with Gasteiger partial charge in [0.1, 0.15) is 11.5 Å². The highest BCUT2D eigenvalue weighted by atomic mass is 19.1. The van der Waals surface area contributed by atoms with E-state index in [1.165, 1.54) is 0 Å². The van der Waals surface area contributed by atoms with Gasteiger partial charge in [0.05, 0.1) is 7.11 Å². The van der Waals surface area contributed by atoms with Crippen molar-refractivity contribution in [3.63, 3.8) is 0 Å². The number of rotatable bonds is 3. The summed E-state index contributed by atoms with van der Waals surface area (Å²) in [6.45, 7) is 1.10. The summed E-state index contributed by atoms with van der Waals surface area (Å²) in [7, 11) is 1.57. The molecule has 0 aromatic heterocycles. The summed E-state index contributed by atoms with van der Waals surface area (Å²) in [4.78, 5) is 0. The minimum atomic E-state index is -0.813. The lowest BCUT2D eigenvalue weighted by Gasteiger charge is -2.06. The molecule has 0 saturated carbocycles. The van der Waals surface area contributed by atoms with Gasteiger partial charge >= 0.3 is 0 Å². The highest BCUT2D eigenvalue weighted by molar-refractivity contribution is 5.39. The minimum Gasteiger partial charge on any atom is -0.496 e. The molecule has 1 aromatic carbocycles. The van der Waals surface area contributed by atoms with Crippen LogP contribution in [0.25, 0.3) is 0 Å². The van der Waals surface area contributed by atoms with Gasteiger partial charge in [0.15, 0.2) is 0 Å². The molecule has 0 aliphatic heterocycles. The molecule has 0 N–H and O–H groups in total. The Labute approximate surface area is 70.9 Å². The number of benzene rings is 1. The van der Waals surface area contributed by atoms with Crippen molar-refractivity contribution in [2.75, 3.05) is 14.0 Å². The van der Waals surface area contributed by atoms with Gasteiger partial charge in [-0.05, 0) is 18.6 Å². The van der Waals surface area contributed by atoms with Gasteiger partial charge < -0.3 is 9.47 Å². The molecule has 0 atom stereocenters. The molecule has 1 aromatic rings. The Hall–Kier alpha value is -1.25. The van der Waals surface area contributed by atoms with Crippen LogP contribution in [-0.4, -0.2) is 14.0 Å².